The number of carbonyl (C=O) groups excluding carboxylic acids is 2. The Morgan fingerprint density at radius 1 is 1.31 bits per heavy atom. The number of halogens is 2. The molecule has 0 aromatic heterocycles. The van der Waals surface area contributed by atoms with Gasteiger partial charge in [0, 0.05) is 0 Å². The molecule has 0 radical (unpaired) electrons. The number of esters is 1. The highest BCUT2D eigenvalue weighted by atomic mass is 19.1. The fourth-order valence-corrected chi connectivity index (χ4v) is 0.712. The Hall–Kier alpha value is -1.00. The van der Waals surface area contributed by atoms with Gasteiger partial charge in [-0.1, -0.05) is 0 Å². The van der Waals surface area contributed by atoms with E-state index in [0.717, 1.165) is 0 Å². The zero-order chi connectivity index (χ0) is 10.3. The third kappa shape index (κ3) is 4.55. The molecule has 0 rings (SSSR count). The van der Waals surface area contributed by atoms with Gasteiger partial charge in [-0.25, -0.2) is 0 Å². The van der Waals surface area contributed by atoms with Crippen molar-refractivity contribution in [2.75, 3.05) is 20.0 Å². The van der Waals surface area contributed by atoms with Gasteiger partial charge in [0.05, 0.1) is 12.5 Å². The van der Waals surface area contributed by atoms with Crippen molar-refractivity contribution in [1.29, 1.82) is 0 Å². The van der Waals surface area contributed by atoms with Crippen LogP contribution in [0.5, 0.6) is 0 Å². The highest BCUT2D eigenvalue weighted by molar-refractivity contribution is 5.96. The van der Waals surface area contributed by atoms with Gasteiger partial charge in [-0.3, -0.25) is 18.4 Å². The van der Waals surface area contributed by atoms with Gasteiger partial charge in [0.2, 0.25) is 0 Å². The van der Waals surface area contributed by atoms with Crippen LogP contribution in [0.15, 0.2) is 0 Å². The van der Waals surface area contributed by atoms with Crippen LogP contribution in [-0.4, -0.2) is 31.7 Å². The summed E-state index contributed by atoms with van der Waals surface area (Å²) in [6.07, 6.45) is -0.549. The molecule has 0 unspecified atom stereocenters. The summed E-state index contributed by atoms with van der Waals surface area (Å²) >= 11 is 0. The Kier molecular flexibility index (Phi) is 6.01. The van der Waals surface area contributed by atoms with Gasteiger partial charge in [-0.15, -0.1) is 0 Å². The summed E-state index contributed by atoms with van der Waals surface area (Å²) in [4.78, 5) is 21.6. The first-order valence-electron chi connectivity index (χ1n) is 3.95. The molecular formula is C8H12F2O3. The lowest BCUT2D eigenvalue weighted by Crippen LogP contribution is -2.22. The first-order chi connectivity index (χ1) is 6.15. The van der Waals surface area contributed by atoms with Crippen LogP contribution < -0.4 is 0 Å². The minimum absolute atomic E-state index is 0.155. The molecule has 0 saturated carbocycles. The predicted molar refractivity (Wildman–Crippen MR) is 41.7 cm³/mol. The number of hydrogen-bond acceptors (Lipinski definition) is 3. The minimum Gasteiger partial charge on any atom is -0.466 e. The van der Waals surface area contributed by atoms with Crippen LogP contribution in [-0.2, 0) is 14.3 Å². The Labute approximate surface area is 75.1 Å². The molecule has 13 heavy (non-hydrogen) atoms. The molecule has 0 heterocycles. The van der Waals surface area contributed by atoms with Crippen molar-refractivity contribution in [2.45, 2.75) is 13.3 Å². The number of Topliss-reactive ketones (excluding diaryl/α,β-unsaturated/α-hetero) is 1. The van der Waals surface area contributed by atoms with Crippen LogP contribution >= 0.6 is 0 Å². The van der Waals surface area contributed by atoms with Crippen LogP contribution in [0.2, 0.25) is 0 Å². The summed E-state index contributed by atoms with van der Waals surface area (Å²) in [7, 11) is 0. The molecule has 0 aliphatic carbocycles. The topological polar surface area (TPSA) is 43.4 Å². The fourth-order valence-electron chi connectivity index (χ4n) is 0.712. The van der Waals surface area contributed by atoms with Gasteiger partial charge in [0.25, 0.3) is 0 Å². The van der Waals surface area contributed by atoms with Crippen molar-refractivity contribution in [3.8, 4) is 0 Å². The number of rotatable bonds is 6. The van der Waals surface area contributed by atoms with E-state index in [4.69, 9.17) is 0 Å². The number of ketones is 1. The Morgan fingerprint density at radius 2 is 1.85 bits per heavy atom. The van der Waals surface area contributed by atoms with Crippen molar-refractivity contribution < 1.29 is 23.1 Å². The molecule has 0 fully saturated rings. The molecule has 76 valence electrons. The highest BCUT2D eigenvalue weighted by Gasteiger charge is 2.21. The summed E-state index contributed by atoms with van der Waals surface area (Å²) in [6.45, 7) is -0.407. The average Bonchev–Trinajstić information content (AvgIpc) is 2.06. The zero-order valence-corrected chi connectivity index (χ0v) is 7.39. The summed E-state index contributed by atoms with van der Waals surface area (Å²) in [5.74, 6) is -2.80. The van der Waals surface area contributed by atoms with Crippen LogP contribution in [0.4, 0.5) is 8.78 Å². The first-order valence-corrected chi connectivity index (χ1v) is 3.95. The van der Waals surface area contributed by atoms with E-state index >= 15 is 0 Å². The van der Waals surface area contributed by atoms with Crippen molar-refractivity contribution in [1.82, 2.24) is 0 Å². The lowest BCUT2D eigenvalue weighted by molar-refractivity contribution is -0.146. The lowest BCUT2D eigenvalue weighted by atomic mass is 10.1. The summed E-state index contributed by atoms with van der Waals surface area (Å²) in [5.41, 5.74) is 0. The van der Waals surface area contributed by atoms with E-state index in [2.05, 4.69) is 4.74 Å². The molecule has 5 heteroatoms. The molecular weight excluding hydrogens is 182 g/mol. The highest BCUT2D eigenvalue weighted by Crippen LogP contribution is 2.04. The molecule has 0 amide bonds. The van der Waals surface area contributed by atoms with Gasteiger partial charge in [-0.2, -0.15) is 0 Å². The minimum atomic E-state index is -1.32. The van der Waals surface area contributed by atoms with E-state index in [1.807, 2.05) is 0 Å². The summed E-state index contributed by atoms with van der Waals surface area (Å²) < 4.78 is 28.3. The Morgan fingerprint density at radius 3 is 2.23 bits per heavy atom. The van der Waals surface area contributed by atoms with Gasteiger partial charge < -0.3 is 4.74 Å². The van der Waals surface area contributed by atoms with E-state index in [0.29, 0.717) is 0 Å². The van der Waals surface area contributed by atoms with E-state index in [-0.39, 0.29) is 6.61 Å². The molecule has 0 spiro atoms. The largest absolute Gasteiger partial charge is 0.466 e. The smallest absolute Gasteiger partial charge is 0.313 e. The monoisotopic (exact) mass is 194 g/mol. The van der Waals surface area contributed by atoms with Crippen molar-refractivity contribution in [3.05, 3.63) is 0 Å². The maximum atomic E-state index is 11.9. The quantitative estimate of drug-likeness (QED) is 0.469. The van der Waals surface area contributed by atoms with Gasteiger partial charge in [0.1, 0.15) is 19.8 Å². The van der Waals surface area contributed by atoms with E-state index in [1.54, 1.807) is 6.92 Å². The molecule has 0 aliphatic heterocycles. The number of carbonyl (C=O) groups is 2. The van der Waals surface area contributed by atoms with Crippen molar-refractivity contribution in [3.63, 3.8) is 0 Å². The standard InChI is InChI=1S/C8H12F2O3/c1-2-13-8(12)3-7(11)6(4-9)5-10/h6H,2-5H2,1H3. The Balaban J connectivity index is 3.90. The SMILES string of the molecule is CCOC(=O)CC(=O)C(CF)CF. The predicted octanol–water partition coefficient (Wildman–Crippen LogP) is 1.06. The van der Waals surface area contributed by atoms with Crippen molar-refractivity contribution >= 4 is 11.8 Å². The summed E-state index contributed by atoms with van der Waals surface area (Å²) in [5, 5.41) is 0. The molecule has 0 bridgehead atoms. The lowest BCUT2D eigenvalue weighted by Gasteiger charge is -2.06. The van der Waals surface area contributed by atoms with E-state index < -0.39 is 37.4 Å². The molecule has 0 aromatic carbocycles. The van der Waals surface area contributed by atoms with E-state index in [1.165, 1.54) is 0 Å². The number of alkyl halides is 2. The second-order valence-corrected chi connectivity index (χ2v) is 2.45. The third-order valence-corrected chi connectivity index (χ3v) is 1.45. The van der Waals surface area contributed by atoms with Gasteiger partial charge >= 0.3 is 5.97 Å². The molecule has 0 saturated heterocycles. The average molecular weight is 194 g/mol. The molecule has 0 atom stereocenters. The molecule has 0 aliphatic rings. The van der Waals surface area contributed by atoms with Crippen LogP contribution in [0.3, 0.4) is 0 Å². The second-order valence-electron chi connectivity index (χ2n) is 2.45. The third-order valence-electron chi connectivity index (χ3n) is 1.45. The van der Waals surface area contributed by atoms with E-state index in [9.17, 15) is 18.4 Å². The molecule has 0 aromatic rings. The van der Waals surface area contributed by atoms with Crippen LogP contribution in [0.25, 0.3) is 0 Å². The fraction of sp³-hybridized carbons (Fsp3) is 0.750. The first kappa shape index (κ1) is 12.0. The van der Waals surface area contributed by atoms with Crippen molar-refractivity contribution in [2.24, 2.45) is 5.92 Å². The van der Waals surface area contributed by atoms with Crippen LogP contribution in [0, 0.1) is 5.92 Å². The number of hydrogen-bond donors (Lipinski definition) is 0. The van der Waals surface area contributed by atoms with Gasteiger partial charge in [-0.05, 0) is 6.92 Å². The molecule has 0 N–H and O–H groups in total. The summed E-state index contributed by atoms with van der Waals surface area (Å²) in [6, 6.07) is 0. The normalized spacial score (nSPS) is 10.2. The maximum absolute atomic E-state index is 11.9. The number of ether oxygens (including phenoxy) is 1. The zero-order valence-electron chi connectivity index (χ0n) is 7.39. The van der Waals surface area contributed by atoms with Gasteiger partial charge in [0.15, 0.2) is 5.78 Å². The maximum Gasteiger partial charge on any atom is 0.313 e. The van der Waals surface area contributed by atoms with Crippen LogP contribution in [0.1, 0.15) is 13.3 Å². The molecule has 3 nitrogen and oxygen atoms in total. The second kappa shape index (κ2) is 6.51. The Bertz CT molecular complexity index is 178.